The van der Waals surface area contributed by atoms with Crippen molar-refractivity contribution in [1.29, 1.82) is 0 Å². The lowest BCUT2D eigenvalue weighted by atomic mass is 9.67. The van der Waals surface area contributed by atoms with E-state index >= 15 is 0 Å². The Labute approximate surface area is 85.9 Å². The van der Waals surface area contributed by atoms with Gasteiger partial charge in [0.25, 0.3) is 0 Å². The minimum absolute atomic E-state index is 0.161. The predicted molar refractivity (Wildman–Crippen MR) is 56.4 cm³/mol. The maximum absolute atomic E-state index is 10.5. The van der Waals surface area contributed by atoms with Crippen molar-refractivity contribution in [1.82, 2.24) is 5.32 Å². The van der Waals surface area contributed by atoms with Gasteiger partial charge in [-0.1, -0.05) is 27.2 Å². The fraction of sp³-hybridized carbons (Fsp3) is 0.909. The first-order chi connectivity index (χ1) is 6.44. The van der Waals surface area contributed by atoms with Crippen LogP contribution in [0.25, 0.3) is 0 Å². The van der Waals surface area contributed by atoms with Crippen molar-refractivity contribution in [2.45, 2.75) is 52.5 Å². The molecule has 1 fully saturated rings. The third-order valence-corrected chi connectivity index (χ3v) is 3.73. The van der Waals surface area contributed by atoms with Crippen LogP contribution in [-0.4, -0.2) is 17.2 Å². The van der Waals surface area contributed by atoms with Gasteiger partial charge in [0.05, 0.1) is 0 Å². The second-order valence-corrected chi connectivity index (χ2v) is 5.05. The summed E-state index contributed by atoms with van der Waals surface area (Å²) in [5.74, 6) is 0.626. The summed E-state index contributed by atoms with van der Waals surface area (Å²) in [7, 11) is 0. The number of hydrogen-bond acceptors (Lipinski definition) is 1. The summed E-state index contributed by atoms with van der Waals surface area (Å²) in [5.41, 5.74) is 0.311. The number of rotatable bonds is 2. The van der Waals surface area contributed by atoms with Gasteiger partial charge in [-0.15, -0.1) is 0 Å². The molecule has 3 heteroatoms. The molecule has 82 valence electrons. The minimum Gasteiger partial charge on any atom is -0.465 e. The van der Waals surface area contributed by atoms with Crippen molar-refractivity contribution in [2.75, 3.05) is 0 Å². The first kappa shape index (κ1) is 11.3. The number of amides is 1. The summed E-state index contributed by atoms with van der Waals surface area (Å²) >= 11 is 0. The largest absolute Gasteiger partial charge is 0.465 e. The normalized spacial score (nSPS) is 33.0. The molecule has 0 saturated heterocycles. The zero-order chi connectivity index (χ0) is 10.8. The van der Waals surface area contributed by atoms with Crippen LogP contribution >= 0.6 is 0 Å². The SMILES string of the molecule is CC(C)C1(C)CCCC(NC(=O)O)C1. The van der Waals surface area contributed by atoms with E-state index in [2.05, 4.69) is 26.1 Å². The smallest absolute Gasteiger partial charge is 0.404 e. The molecule has 1 saturated carbocycles. The molecule has 2 atom stereocenters. The lowest BCUT2D eigenvalue weighted by Gasteiger charge is -2.41. The molecule has 0 aliphatic heterocycles. The maximum atomic E-state index is 10.5. The van der Waals surface area contributed by atoms with Gasteiger partial charge in [0, 0.05) is 6.04 Å². The molecule has 2 N–H and O–H groups in total. The van der Waals surface area contributed by atoms with E-state index in [4.69, 9.17) is 5.11 Å². The van der Waals surface area contributed by atoms with Crippen molar-refractivity contribution >= 4 is 6.09 Å². The summed E-state index contributed by atoms with van der Waals surface area (Å²) < 4.78 is 0. The lowest BCUT2D eigenvalue weighted by Crippen LogP contribution is -2.42. The molecular formula is C11H21NO2. The summed E-state index contributed by atoms with van der Waals surface area (Å²) in [4.78, 5) is 10.5. The molecule has 3 nitrogen and oxygen atoms in total. The van der Waals surface area contributed by atoms with Crippen LogP contribution in [0.2, 0.25) is 0 Å². The van der Waals surface area contributed by atoms with Crippen molar-refractivity contribution < 1.29 is 9.90 Å². The fourth-order valence-corrected chi connectivity index (χ4v) is 2.34. The fourth-order valence-electron chi connectivity index (χ4n) is 2.34. The van der Waals surface area contributed by atoms with E-state index in [1.165, 1.54) is 6.42 Å². The average Bonchev–Trinajstić information content (AvgIpc) is 2.02. The van der Waals surface area contributed by atoms with Crippen molar-refractivity contribution in [3.8, 4) is 0 Å². The molecule has 1 rings (SSSR count). The van der Waals surface area contributed by atoms with Crippen LogP contribution in [0.1, 0.15) is 46.5 Å². The molecule has 1 aliphatic carbocycles. The van der Waals surface area contributed by atoms with Crippen LogP contribution in [0, 0.1) is 11.3 Å². The minimum atomic E-state index is -0.886. The molecular weight excluding hydrogens is 178 g/mol. The molecule has 1 aliphatic rings. The molecule has 0 aromatic rings. The zero-order valence-electron chi connectivity index (χ0n) is 9.34. The zero-order valence-corrected chi connectivity index (χ0v) is 9.34. The van der Waals surface area contributed by atoms with Gasteiger partial charge in [-0.25, -0.2) is 4.79 Å². The van der Waals surface area contributed by atoms with Crippen LogP contribution in [-0.2, 0) is 0 Å². The third kappa shape index (κ3) is 2.63. The molecule has 0 bridgehead atoms. The van der Waals surface area contributed by atoms with E-state index in [1.807, 2.05) is 0 Å². The summed E-state index contributed by atoms with van der Waals surface area (Å²) in [5, 5.41) is 11.3. The number of nitrogens with one attached hydrogen (secondary N) is 1. The molecule has 0 aromatic heterocycles. The van der Waals surface area contributed by atoms with Gasteiger partial charge in [-0.3, -0.25) is 0 Å². The Morgan fingerprint density at radius 3 is 2.71 bits per heavy atom. The van der Waals surface area contributed by atoms with Crippen LogP contribution in [0.3, 0.4) is 0 Å². The average molecular weight is 199 g/mol. The molecule has 0 heterocycles. The van der Waals surface area contributed by atoms with Crippen LogP contribution < -0.4 is 5.32 Å². The quantitative estimate of drug-likeness (QED) is 0.718. The van der Waals surface area contributed by atoms with Gasteiger partial charge in [0.2, 0.25) is 0 Å². The summed E-state index contributed by atoms with van der Waals surface area (Å²) in [6, 6.07) is 0.161. The van der Waals surface area contributed by atoms with Crippen molar-refractivity contribution in [3.05, 3.63) is 0 Å². The van der Waals surface area contributed by atoms with Gasteiger partial charge in [0.1, 0.15) is 0 Å². The standard InChI is InChI=1S/C11H21NO2/c1-8(2)11(3)6-4-5-9(7-11)12-10(13)14/h8-9,12H,4-7H2,1-3H3,(H,13,14). The second kappa shape index (κ2) is 4.20. The van der Waals surface area contributed by atoms with Crippen LogP contribution in [0.15, 0.2) is 0 Å². The third-order valence-electron chi connectivity index (χ3n) is 3.73. The molecule has 0 aromatic carbocycles. The van der Waals surface area contributed by atoms with Crippen LogP contribution in [0.4, 0.5) is 4.79 Å². The van der Waals surface area contributed by atoms with Gasteiger partial charge in [0.15, 0.2) is 0 Å². The Bertz CT molecular complexity index is 215. The van der Waals surface area contributed by atoms with E-state index in [0.717, 1.165) is 19.3 Å². The monoisotopic (exact) mass is 199 g/mol. The second-order valence-electron chi connectivity index (χ2n) is 5.05. The lowest BCUT2D eigenvalue weighted by molar-refractivity contribution is 0.112. The van der Waals surface area contributed by atoms with Crippen LogP contribution in [0.5, 0.6) is 0 Å². The molecule has 1 amide bonds. The van der Waals surface area contributed by atoms with Gasteiger partial charge >= 0.3 is 6.09 Å². The van der Waals surface area contributed by atoms with Gasteiger partial charge in [-0.2, -0.15) is 0 Å². The highest BCUT2D eigenvalue weighted by atomic mass is 16.4. The molecule has 0 spiro atoms. The van der Waals surface area contributed by atoms with Crippen molar-refractivity contribution in [3.63, 3.8) is 0 Å². The number of hydrogen-bond donors (Lipinski definition) is 2. The predicted octanol–water partition coefficient (Wildman–Crippen LogP) is 2.86. The highest BCUT2D eigenvalue weighted by molar-refractivity contribution is 5.64. The first-order valence-corrected chi connectivity index (χ1v) is 5.43. The van der Waals surface area contributed by atoms with E-state index in [1.54, 1.807) is 0 Å². The summed E-state index contributed by atoms with van der Waals surface area (Å²) in [6.45, 7) is 6.72. The van der Waals surface area contributed by atoms with Gasteiger partial charge in [-0.05, 0) is 30.6 Å². The van der Waals surface area contributed by atoms with E-state index in [-0.39, 0.29) is 6.04 Å². The molecule has 0 radical (unpaired) electrons. The summed E-state index contributed by atoms with van der Waals surface area (Å²) in [6.07, 6.45) is 3.45. The van der Waals surface area contributed by atoms with E-state index in [9.17, 15) is 4.79 Å². The maximum Gasteiger partial charge on any atom is 0.404 e. The van der Waals surface area contributed by atoms with Gasteiger partial charge < -0.3 is 10.4 Å². The Kier molecular flexibility index (Phi) is 3.40. The molecule has 2 unspecified atom stereocenters. The topological polar surface area (TPSA) is 49.3 Å². The Morgan fingerprint density at radius 2 is 2.21 bits per heavy atom. The van der Waals surface area contributed by atoms with E-state index in [0.29, 0.717) is 11.3 Å². The molecule has 14 heavy (non-hydrogen) atoms. The van der Waals surface area contributed by atoms with Crippen molar-refractivity contribution in [2.24, 2.45) is 11.3 Å². The first-order valence-electron chi connectivity index (χ1n) is 5.43. The Balaban J connectivity index is 2.55. The Hall–Kier alpha value is -0.730. The number of carbonyl (C=O) groups is 1. The Morgan fingerprint density at radius 1 is 1.57 bits per heavy atom. The number of carboxylic acid groups (broad SMARTS) is 1. The van der Waals surface area contributed by atoms with E-state index < -0.39 is 6.09 Å². The highest BCUT2D eigenvalue weighted by Gasteiger charge is 2.35. The highest BCUT2D eigenvalue weighted by Crippen LogP contribution is 2.41.